The molecule has 2 aromatic rings. The van der Waals surface area contributed by atoms with Gasteiger partial charge in [0.25, 0.3) is 17.5 Å². The van der Waals surface area contributed by atoms with E-state index in [1.54, 1.807) is 6.07 Å². The fraction of sp³-hybridized carbons (Fsp3) is 0.389. The minimum atomic E-state index is -0.627. The molecule has 1 saturated heterocycles. The molecule has 1 aromatic carbocycles. The molecule has 0 radical (unpaired) electrons. The van der Waals surface area contributed by atoms with Gasteiger partial charge in [0.2, 0.25) is 0 Å². The molecule has 0 aliphatic carbocycles. The van der Waals surface area contributed by atoms with E-state index in [9.17, 15) is 19.7 Å². The Morgan fingerprint density at radius 2 is 1.89 bits per heavy atom. The first kappa shape index (κ1) is 19.3. The number of carbonyl (C=O) groups excluding carboxylic acids is 2. The van der Waals surface area contributed by atoms with Crippen molar-refractivity contribution in [1.29, 1.82) is 0 Å². The number of nitro groups is 1. The van der Waals surface area contributed by atoms with Crippen LogP contribution in [0, 0.1) is 24.0 Å². The van der Waals surface area contributed by atoms with Gasteiger partial charge >= 0.3 is 0 Å². The standard InChI is InChI=1S/C18H22N6O4/c1-12-9-13(2)23(21-12)11-17(25)19-20-18(26)14-5-6-15(16(10-14)24(27)28)22-7-3-4-8-22/h5-6,9-10H,3-4,7-8,11H2,1-2H3,(H,19,25)(H,20,26). The summed E-state index contributed by atoms with van der Waals surface area (Å²) in [5.74, 6) is -1.08. The summed E-state index contributed by atoms with van der Waals surface area (Å²) in [6.07, 6.45) is 1.97. The van der Waals surface area contributed by atoms with E-state index in [0.29, 0.717) is 5.69 Å². The summed E-state index contributed by atoms with van der Waals surface area (Å²) < 4.78 is 1.52. The molecule has 1 aromatic heterocycles. The maximum absolute atomic E-state index is 12.3. The first-order valence-electron chi connectivity index (χ1n) is 8.99. The van der Waals surface area contributed by atoms with E-state index in [0.717, 1.165) is 37.3 Å². The van der Waals surface area contributed by atoms with Crippen LogP contribution in [0.1, 0.15) is 34.6 Å². The molecule has 2 heterocycles. The number of amides is 2. The lowest BCUT2D eigenvalue weighted by atomic mass is 10.1. The Kier molecular flexibility index (Phi) is 5.57. The van der Waals surface area contributed by atoms with E-state index < -0.39 is 16.7 Å². The minimum absolute atomic E-state index is 0.0476. The van der Waals surface area contributed by atoms with E-state index in [4.69, 9.17) is 0 Å². The molecular weight excluding hydrogens is 364 g/mol. The number of anilines is 1. The molecule has 1 aliphatic heterocycles. The Hall–Kier alpha value is -3.43. The molecule has 0 saturated carbocycles. The van der Waals surface area contributed by atoms with Gasteiger partial charge in [-0.2, -0.15) is 5.10 Å². The number of benzene rings is 1. The number of hydrogen-bond acceptors (Lipinski definition) is 6. The smallest absolute Gasteiger partial charge is 0.293 e. The first-order valence-corrected chi connectivity index (χ1v) is 8.99. The maximum atomic E-state index is 12.3. The molecule has 2 amide bonds. The molecule has 0 atom stereocenters. The van der Waals surface area contributed by atoms with Crippen LogP contribution in [0.25, 0.3) is 0 Å². The van der Waals surface area contributed by atoms with Gasteiger partial charge in [-0.1, -0.05) is 0 Å². The first-order chi connectivity index (χ1) is 13.3. The number of rotatable bonds is 5. The average molecular weight is 386 g/mol. The van der Waals surface area contributed by atoms with Crippen LogP contribution in [0.3, 0.4) is 0 Å². The summed E-state index contributed by atoms with van der Waals surface area (Å²) in [5.41, 5.74) is 6.69. The molecule has 0 unspecified atom stereocenters. The van der Waals surface area contributed by atoms with Crippen molar-refractivity contribution in [1.82, 2.24) is 20.6 Å². The summed E-state index contributed by atoms with van der Waals surface area (Å²) in [4.78, 5) is 37.2. The normalized spacial score (nSPS) is 13.4. The molecule has 148 valence electrons. The van der Waals surface area contributed by atoms with Crippen molar-refractivity contribution in [3.8, 4) is 0 Å². The maximum Gasteiger partial charge on any atom is 0.293 e. The molecule has 0 spiro atoms. The third-order valence-electron chi connectivity index (χ3n) is 4.59. The average Bonchev–Trinajstić information content (AvgIpc) is 3.29. The van der Waals surface area contributed by atoms with Crippen LogP contribution in [0.4, 0.5) is 11.4 Å². The van der Waals surface area contributed by atoms with Crippen LogP contribution < -0.4 is 15.8 Å². The highest BCUT2D eigenvalue weighted by atomic mass is 16.6. The molecule has 3 rings (SSSR count). The van der Waals surface area contributed by atoms with Crippen LogP contribution in [0.15, 0.2) is 24.3 Å². The Balaban J connectivity index is 1.65. The fourth-order valence-corrected chi connectivity index (χ4v) is 3.25. The number of aromatic nitrogens is 2. The van der Waals surface area contributed by atoms with Gasteiger partial charge in [0.15, 0.2) is 0 Å². The summed E-state index contributed by atoms with van der Waals surface area (Å²) in [7, 11) is 0. The molecule has 0 bridgehead atoms. The molecule has 28 heavy (non-hydrogen) atoms. The van der Waals surface area contributed by atoms with Crippen molar-refractivity contribution >= 4 is 23.2 Å². The molecule has 10 heteroatoms. The van der Waals surface area contributed by atoms with Crippen LogP contribution in [0.2, 0.25) is 0 Å². The van der Waals surface area contributed by atoms with Crippen LogP contribution in [-0.2, 0) is 11.3 Å². The van der Waals surface area contributed by atoms with Gasteiger partial charge in [-0.3, -0.25) is 35.2 Å². The van der Waals surface area contributed by atoms with E-state index >= 15 is 0 Å². The highest BCUT2D eigenvalue weighted by molar-refractivity contribution is 5.96. The largest absolute Gasteiger partial charge is 0.366 e. The summed E-state index contributed by atoms with van der Waals surface area (Å²) in [6, 6.07) is 6.17. The zero-order valence-electron chi connectivity index (χ0n) is 15.8. The molecular formula is C18H22N6O4. The molecule has 10 nitrogen and oxygen atoms in total. The third kappa shape index (κ3) is 4.27. The highest BCUT2D eigenvalue weighted by Crippen LogP contribution is 2.31. The number of nitro benzene ring substituents is 1. The van der Waals surface area contributed by atoms with E-state index in [1.807, 2.05) is 24.8 Å². The van der Waals surface area contributed by atoms with Crippen molar-refractivity contribution < 1.29 is 14.5 Å². The lowest BCUT2D eigenvalue weighted by Crippen LogP contribution is -2.43. The predicted molar refractivity (Wildman–Crippen MR) is 102 cm³/mol. The molecule has 1 fully saturated rings. The number of aryl methyl sites for hydroxylation is 2. The number of hydrazine groups is 1. The lowest BCUT2D eigenvalue weighted by Gasteiger charge is -2.17. The number of nitrogens with zero attached hydrogens (tertiary/aromatic N) is 4. The summed E-state index contributed by atoms with van der Waals surface area (Å²) >= 11 is 0. The van der Waals surface area contributed by atoms with Crippen molar-refractivity contribution in [3.05, 3.63) is 51.3 Å². The third-order valence-corrected chi connectivity index (χ3v) is 4.59. The van der Waals surface area contributed by atoms with Gasteiger partial charge in [0.1, 0.15) is 12.2 Å². The van der Waals surface area contributed by atoms with Crippen molar-refractivity contribution in [2.24, 2.45) is 0 Å². The topological polar surface area (TPSA) is 122 Å². The Morgan fingerprint density at radius 1 is 1.18 bits per heavy atom. The van der Waals surface area contributed by atoms with Crippen LogP contribution >= 0.6 is 0 Å². The van der Waals surface area contributed by atoms with Crippen LogP contribution in [-0.4, -0.2) is 39.6 Å². The second kappa shape index (κ2) is 8.07. The zero-order valence-corrected chi connectivity index (χ0v) is 15.8. The quantitative estimate of drug-likeness (QED) is 0.593. The highest BCUT2D eigenvalue weighted by Gasteiger charge is 2.24. The number of carbonyl (C=O) groups is 2. The second-order valence-corrected chi connectivity index (χ2v) is 6.74. The van der Waals surface area contributed by atoms with E-state index in [-0.39, 0.29) is 17.8 Å². The summed E-state index contributed by atoms with van der Waals surface area (Å²) in [5, 5.41) is 15.6. The van der Waals surface area contributed by atoms with E-state index in [2.05, 4.69) is 16.0 Å². The van der Waals surface area contributed by atoms with Gasteiger partial charge in [-0.15, -0.1) is 0 Å². The second-order valence-electron chi connectivity index (χ2n) is 6.74. The van der Waals surface area contributed by atoms with Gasteiger partial charge in [0, 0.05) is 30.4 Å². The van der Waals surface area contributed by atoms with Crippen molar-refractivity contribution in [2.45, 2.75) is 33.2 Å². The predicted octanol–water partition coefficient (Wildman–Crippen LogP) is 1.47. The van der Waals surface area contributed by atoms with E-state index in [1.165, 1.54) is 16.8 Å². The monoisotopic (exact) mass is 386 g/mol. The lowest BCUT2D eigenvalue weighted by molar-refractivity contribution is -0.384. The Morgan fingerprint density at radius 3 is 2.50 bits per heavy atom. The van der Waals surface area contributed by atoms with Gasteiger partial charge in [-0.05, 0) is 44.9 Å². The molecule has 1 aliphatic rings. The van der Waals surface area contributed by atoms with Crippen molar-refractivity contribution in [2.75, 3.05) is 18.0 Å². The van der Waals surface area contributed by atoms with Crippen molar-refractivity contribution in [3.63, 3.8) is 0 Å². The number of hydrogen-bond donors (Lipinski definition) is 2. The summed E-state index contributed by atoms with van der Waals surface area (Å²) in [6.45, 7) is 5.12. The fourth-order valence-electron chi connectivity index (χ4n) is 3.25. The van der Waals surface area contributed by atoms with Gasteiger partial charge in [0.05, 0.1) is 10.6 Å². The minimum Gasteiger partial charge on any atom is -0.366 e. The number of nitrogens with one attached hydrogen (secondary N) is 2. The zero-order chi connectivity index (χ0) is 20.3. The Bertz CT molecular complexity index is 917. The van der Waals surface area contributed by atoms with Gasteiger partial charge in [-0.25, -0.2) is 0 Å². The van der Waals surface area contributed by atoms with Gasteiger partial charge < -0.3 is 4.90 Å². The SMILES string of the molecule is Cc1cc(C)n(CC(=O)NNC(=O)c2ccc(N3CCCC3)c([N+](=O)[O-])c2)n1. The Labute approximate surface area is 161 Å². The van der Waals surface area contributed by atoms with Crippen LogP contribution in [0.5, 0.6) is 0 Å². The molecule has 2 N–H and O–H groups in total.